The Morgan fingerprint density at radius 3 is 2.75 bits per heavy atom. The van der Waals surface area contributed by atoms with Crippen LogP contribution in [0, 0.1) is 5.92 Å². The third-order valence-electron chi connectivity index (χ3n) is 5.36. The van der Waals surface area contributed by atoms with E-state index in [2.05, 4.69) is 28.8 Å². The van der Waals surface area contributed by atoms with Gasteiger partial charge in [0, 0.05) is 28.2 Å². The maximum atomic E-state index is 12.5. The molecule has 3 atom stereocenters. The highest BCUT2D eigenvalue weighted by Crippen LogP contribution is 2.51. The van der Waals surface area contributed by atoms with Crippen LogP contribution >= 0.6 is 23.2 Å². The molecule has 0 saturated carbocycles. The van der Waals surface area contributed by atoms with E-state index in [1.54, 1.807) is 18.2 Å². The largest absolute Gasteiger partial charge is 0.378 e. The summed E-state index contributed by atoms with van der Waals surface area (Å²) in [6, 6.07) is 10.8. The maximum absolute atomic E-state index is 12.5. The van der Waals surface area contributed by atoms with Gasteiger partial charge >= 0.3 is 0 Å². The lowest BCUT2D eigenvalue weighted by Gasteiger charge is -2.38. The van der Waals surface area contributed by atoms with Gasteiger partial charge in [-0.15, -0.1) is 6.58 Å². The molecule has 2 aromatic carbocycles. The predicted molar refractivity (Wildman–Crippen MR) is 115 cm³/mol. The van der Waals surface area contributed by atoms with Gasteiger partial charge in [-0.25, -0.2) is 13.1 Å². The number of sulfonamides is 1. The topological polar surface area (TPSA) is 58.2 Å². The quantitative estimate of drug-likeness (QED) is 0.628. The van der Waals surface area contributed by atoms with Gasteiger partial charge in [-0.2, -0.15) is 0 Å². The van der Waals surface area contributed by atoms with E-state index in [1.807, 2.05) is 18.2 Å². The van der Waals surface area contributed by atoms with Crippen molar-refractivity contribution in [3.63, 3.8) is 0 Å². The Balaban J connectivity index is 1.74. The standard InChI is InChI=1S/C21H20Cl2N2O2S/c1-2-10-24-28(26,27)14-7-9-20-18(12-14)15-4-3-5-16(15)21(25-20)17-8-6-13(22)11-19(17)23/h2-4,6-9,11-12,15-16,21,24-25H,1,5,10H2. The molecule has 2 N–H and O–H groups in total. The Morgan fingerprint density at radius 2 is 2.00 bits per heavy atom. The van der Waals surface area contributed by atoms with Gasteiger partial charge in [0.05, 0.1) is 10.9 Å². The number of nitrogens with one attached hydrogen (secondary N) is 2. The second-order valence-corrected chi connectivity index (χ2v) is 9.64. The van der Waals surface area contributed by atoms with Crippen LogP contribution in [0.15, 0.2) is 66.1 Å². The van der Waals surface area contributed by atoms with Gasteiger partial charge in [-0.05, 0) is 53.8 Å². The Kier molecular flexibility index (Phi) is 5.27. The van der Waals surface area contributed by atoms with Crippen LogP contribution in [-0.2, 0) is 10.0 Å². The Bertz CT molecular complexity index is 1070. The number of rotatable bonds is 5. The molecule has 7 heteroatoms. The Morgan fingerprint density at radius 1 is 1.18 bits per heavy atom. The van der Waals surface area contributed by atoms with Crippen molar-refractivity contribution in [3.8, 4) is 0 Å². The molecule has 0 bridgehead atoms. The third kappa shape index (κ3) is 3.48. The minimum Gasteiger partial charge on any atom is -0.378 e. The van der Waals surface area contributed by atoms with Crippen molar-refractivity contribution in [2.24, 2.45) is 5.92 Å². The second-order valence-electron chi connectivity index (χ2n) is 7.03. The van der Waals surface area contributed by atoms with E-state index in [0.717, 1.165) is 23.2 Å². The molecule has 0 aromatic heterocycles. The van der Waals surface area contributed by atoms with Gasteiger partial charge in [0.15, 0.2) is 0 Å². The number of allylic oxidation sites excluding steroid dienone is 2. The molecule has 1 aliphatic carbocycles. The number of anilines is 1. The summed E-state index contributed by atoms with van der Waals surface area (Å²) in [5, 5.41) is 4.80. The fraction of sp³-hybridized carbons (Fsp3) is 0.238. The Hall–Kier alpha value is -1.79. The van der Waals surface area contributed by atoms with E-state index in [0.29, 0.717) is 10.0 Å². The lowest BCUT2D eigenvalue weighted by molar-refractivity contribution is 0.425. The molecule has 2 aromatic rings. The highest BCUT2D eigenvalue weighted by atomic mass is 35.5. The van der Waals surface area contributed by atoms with Crippen LogP contribution in [0.25, 0.3) is 0 Å². The van der Waals surface area contributed by atoms with Crippen molar-refractivity contribution in [3.05, 3.63) is 82.4 Å². The maximum Gasteiger partial charge on any atom is 0.240 e. The van der Waals surface area contributed by atoms with Crippen molar-refractivity contribution in [2.75, 3.05) is 11.9 Å². The number of hydrogen-bond donors (Lipinski definition) is 2. The molecule has 0 saturated heterocycles. The van der Waals surface area contributed by atoms with Crippen LogP contribution in [-0.4, -0.2) is 15.0 Å². The monoisotopic (exact) mass is 434 g/mol. The van der Waals surface area contributed by atoms with Gasteiger partial charge in [0.1, 0.15) is 0 Å². The van der Waals surface area contributed by atoms with E-state index in [9.17, 15) is 8.42 Å². The van der Waals surface area contributed by atoms with Crippen LogP contribution in [0.4, 0.5) is 5.69 Å². The Labute approximate surface area is 175 Å². The van der Waals surface area contributed by atoms with Gasteiger partial charge in [-0.3, -0.25) is 0 Å². The van der Waals surface area contributed by atoms with Crippen LogP contribution in [0.2, 0.25) is 10.0 Å². The van der Waals surface area contributed by atoms with E-state index >= 15 is 0 Å². The molecule has 0 spiro atoms. The van der Waals surface area contributed by atoms with Gasteiger partial charge in [-0.1, -0.05) is 47.5 Å². The summed E-state index contributed by atoms with van der Waals surface area (Å²) in [6.45, 7) is 3.75. The number of benzene rings is 2. The van der Waals surface area contributed by atoms with E-state index in [-0.39, 0.29) is 29.3 Å². The van der Waals surface area contributed by atoms with Gasteiger partial charge in [0.25, 0.3) is 0 Å². The molecule has 0 amide bonds. The molecular weight excluding hydrogens is 415 g/mol. The number of halogens is 2. The summed E-state index contributed by atoms with van der Waals surface area (Å²) in [7, 11) is -3.57. The first kappa shape index (κ1) is 19.5. The van der Waals surface area contributed by atoms with Crippen molar-refractivity contribution >= 4 is 38.9 Å². The third-order valence-corrected chi connectivity index (χ3v) is 7.34. The SMILES string of the molecule is C=CCNS(=O)(=O)c1ccc2c(c1)C1C=CCC1C(c1ccc(Cl)cc1Cl)N2. The number of hydrogen-bond acceptors (Lipinski definition) is 3. The summed E-state index contributed by atoms with van der Waals surface area (Å²) >= 11 is 12.5. The predicted octanol–water partition coefficient (Wildman–Crippen LogP) is 5.28. The van der Waals surface area contributed by atoms with Crippen molar-refractivity contribution in [1.82, 2.24) is 4.72 Å². The first-order valence-corrected chi connectivity index (χ1v) is 11.3. The summed E-state index contributed by atoms with van der Waals surface area (Å²) < 4.78 is 27.5. The smallest absolute Gasteiger partial charge is 0.240 e. The average molecular weight is 435 g/mol. The fourth-order valence-electron chi connectivity index (χ4n) is 4.05. The van der Waals surface area contributed by atoms with Crippen molar-refractivity contribution in [2.45, 2.75) is 23.3 Å². The molecule has 2 aliphatic rings. The summed E-state index contributed by atoms with van der Waals surface area (Å²) in [6.07, 6.45) is 6.73. The highest BCUT2D eigenvalue weighted by Gasteiger charge is 2.39. The zero-order valence-corrected chi connectivity index (χ0v) is 17.4. The lowest BCUT2D eigenvalue weighted by atomic mass is 9.77. The molecule has 0 radical (unpaired) electrons. The van der Waals surface area contributed by atoms with Gasteiger partial charge < -0.3 is 5.32 Å². The van der Waals surface area contributed by atoms with E-state index in [4.69, 9.17) is 23.2 Å². The molecule has 1 heterocycles. The molecule has 3 unspecified atom stereocenters. The first-order valence-electron chi connectivity index (χ1n) is 9.03. The minimum absolute atomic E-state index is 0.0265. The molecule has 4 rings (SSSR count). The minimum atomic E-state index is -3.57. The lowest BCUT2D eigenvalue weighted by Crippen LogP contribution is -2.30. The first-order chi connectivity index (χ1) is 13.4. The fourth-order valence-corrected chi connectivity index (χ4v) is 5.61. The molecule has 4 nitrogen and oxygen atoms in total. The van der Waals surface area contributed by atoms with Crippen molar-refractivity contribution < 1.29 is 8.42 Å². The molecule has 28 heavy (non-hydrogen) atoms. The average Bonchev–Trinajstić information content (AvgIpc) is 3.16. The second kappa shape index (κ2) is 7.56. The molecular formula is C21H20Cl2N2O2S. The van der Waals surface area contributed by atoms with Crippen LogP contribution in [0.5, 0.6) is 0 Å². The van der Waals surface area contributed by atoms with Crippen molar-refractivity contribution in [1.29, 1.82) is 0 Å². The summed E-state index contributed by atoms with van der Waals surface area (Å²) in [4.78, 5) is 0.261. The summed E-state index contributed by atoms with van der Waals surface area (Å²) in [5.41, 5.74) is 2.91. The van der Waals surface area contributed by atoms with Crippen LogP contribution in [0.3, 0.4) is 0 Å². The van der Waals surface area contributed by atoms with E-state index < -0.39 is 10.0 Å². The normalized spacial score (nSPS) is 23.0. The molecule has 1 aliphatic heterocycles. The van der Waals surface area contributed by atoms with Crippen LogP contribution < -0.4 is 10.0 Å². The number of fused-ring (bicyclic) bond motifs is 3. The van der Waals surface area contributed by atoms with Crippen LogP contribution in [0.1, 0.15) is 29.5 Å². The zero-order chi connectivity index (χ0) is 19.9. The highest BCUT2D eigenvalue weighted by molar-refractivity contribution is 7.89. The molecule has 146 valence electrons. The zero-order valence-electron chi connectivity index (χ0n) is 15.0. The summed E-state index contributed by atoms with van der Waals surface area (Å²) in [5.74, 6) is 0.382. The van der Waals surface area contributed by atoms with Gasteiger partial charge in [0.2, 0.25) is 10.0 Å². The van der Waals surface area contributed by atoms with E-state index in [1.165, 1.54) is 6.08 Å². The molecule has 0 fully saturated rings.